The molecule has 0 aliphatic heterocycles. The van der Waals surface area contributed by atoms with E-state index in [1.165, 1.54) is 51.4 Å². The van der Waals surface area contributed by atoms with Gasteiger partial charge in [-0.25, -0.2) is 0 Å². The summed E-state index contributed by atoms with van der Waals surface area (Å²) >= 11 is 0. The number of hydrogen-bond acceptors (Lipinski definition) is 1. The van der Waals surface area contributed by atoms with Gasteiger partial charge in [-0.3, -0.25) is 0 Å². The van der Waals surface area contributed by atoms with Gasteiger partial charge < -0.3 is 4.74 Å². The predicted octanol–water partition coefficient (Wildman–Crippen LogP) is 3.77. The van der Waals surface area contributed by atoms with Gasteiger partial charge in [0.05, 0.1) is 6.10 Å². The van der Waals surface area contributed by atoms with Crippen LogP contribution >= 0.6 is 0 Å². The van der Waals surface area contributed by atoms with Crippen LogP contribution in [0.1, 0.15) is 58.3 Å². The van der Waals surface area contributed by atoms with Crippen LogP contribution in [0.25, 0.3) is 0 Å². The molecule has 1 aliphatic rings. The van der Waals surface area contributed by atoms with E-state index in [1.54, 1.807) is 0 Å². The van der Waals surface area contributed by atoms with E-state index >= 15 is 0 Å². The third kappa shape index (κ3) is 3.68. The third-order valence-electron chi connectivity index (χ3n) is 3.32. The van der Waals surface area contributed by atoms with Crippen LogP contribution in [0.15, 0.2) is 0 Å². The van der Waals surface area contributed by atoms with E-state index in [4.69, 9.17) is 4.74 Å². The van der Waals surface area contributed by atoms with Crippen LogP contribution in [0.4, 0.5) is 0 Å². The Morgan fingerprint density at radius 1 is 1.23 bits per heavy atom. The van der Waals surface area contributed by atoms with E-state index in [0.717, 1.165) is 5.92 Å². The van der Waals surface area contributed by atoms with Crippen molar-refractivity contribution in [3.8, 4) is 0 Å². The normalized spacial score (nSPS) is 20.8. The molecule has 0 amide bonds. The van der Waals surface area contributed by atoms with E-state index in [1.807, 2.05) is 7.11 Å². The van der Waals surface area contributed by atoms with Crippen LogP contribution in [0.3, 0.4) is 0 Å². The van der Waals surface area contributed by atoms with Crippen molar-refractivity contribution >= 4 is 0 Å². The summed E-state index contributed by atoms with van der Waals surface area (Å²) in [5.74, 6) is 0.877. The maximum Gasteiger partial charge on any atom is 0.0599 e. The van der Waals surface area contributed by atoms with Gasteiger partial charge in [0.1, 0.15) is 0 Å². The molecule has 1 unspecified atom stereocenters. The number of unbranched alkanes of at least 4 members (excludes halogenated alkanes) is 2. The Kier molecular flexibility index (Phi) is 5.45. The van der Waals surface area contributed by atoms with E-state index in [-0.39, 0.29) is 0 Å². The van der Waals surface area contributed by atoms with Gasteiger partial charge in [-0.1, -0.05) is 39.0 Å². The van der Waals surface area contributed by atoms with Crippen molar-refractivity contribution in [3.63, 3.8) is 0 Å². The minimum Gasteiger partial charge on any atom is -0.381 e. The first-order valence-corrected chi connectivity index (χ1v) is 5.91. The third-order valence-corrected chi connectivity index (χ3v) is 3.32. The average Bonchev–Trinajstić information content (AvgIpc) is 2.65. The Balaban J connectivity index is 2.16. The smallest absolute Gasteiger partial charge is 0.0599 e. The van der Waals surface area contributed by atoms with Crippen molar-refractivity contribution in [2.24, 2.45) is 5.92 Å². The zero-order valence-corrected chi connectivity index (χ0v) is 9.22. The molecular formula is C12H24O. The zero-order valence-electron chi connectivity index (χ0n) is 9.22. The highest BCUT2D eigenvalue weighted by molar-refractivity contribution is 4.75. The van der Waals surface area contributed by atoms with Crippen LogP contribution < -0.4 is 0 Å². The fraction of sp³-hybridized carbons (Fsp3) is 1.00. The first kappa shape index (κ1) is 11.0. The Bertz CT molecular complexity index is 116. The van der Waals surface area contributed by atoms with Crippen molar-refractivity contribution in [2.75, 3.05) is 7.11 Å². The van der Waals surface area contributed by atoms with Gasteiger partial charge in [-0.2, -0.15) is 0 Å². The highest BCUT2D eigenvalue weighted by Gasteiger charge is 2.23. The molecule has 1 fully saturated rings. The standard InChI is InChI=1S/C12H24O/c1-3-4-5-10-12(13-2)11-8-6-7-9-11/h11-12H,3-10H2,1-2H3. The molecule has 1 saturated carbocycles. The molecule has 1 heteroatoms. The van der Waals surface area contributed by atoms with Crippen molar-refractivity contribution in [3.05, 3.63) is 0 Å². The lowest BCUT2D eigenvalue weighted by Crippen LogP contribution is -2.20. The second kappa shape index (κ2) is 6.42. The van der Waals surface area contributed by atoms with Crippen LogP contribution in [-0.2, 0) is 4.74 Å². The Hall–Kier alpha value is -0.0400. The summed E-state index contributed by atoms with van der Waals surface area (Å²) in [6, 6.07) is 0. The van der Waals surface area contributed by atoms with Crippen molar-refractivity contribution in [2.45, 2.75) is 64.4 Å². The molecule has 78 valence electrons. The first-order valence-electron chi connectivity index (χ1n) is 5.91. The molecule has 0 saturated heterocycles. The zero-order chi connectivity index (χ0) is 9.52. The van der Waals surface area contributed by atoms with Gasteiger partial charge in [0.2, 0.25) is 0 Å². The summed E-state index contributed by atoms with van der Waals surface area (Å²) < 4.78 is 5.58. The lowest BCUT2D eigenvalue weighted by molar-refractivity contribution is 0.0456. The molecule has 1 aliphatic carbocycles. The van der Waals surface area contributed by atoms with Gasteiger partial charge in [0, 0.05) is 7.11 Å². The molecule has 1 nitrogen and oxygen atoms in total. The van der Waals surface area contributed by atoms with Crippen LogP contribution in [-0.4, -0.2) is 13.2 Å². The molecule has 1 atom stereocenters. The summed E-state index contributed by atoms with van der Waals surface area (Å²) in [6.45, 7) is 2.26. The van der Waals surface area contributed by atoms with Gasteiger partial charge in [0.15, 0.2) is 0 Å². The lowest BCUT2D eigenvalue weighted by Gasteiger charge is -2.21. The molecule has 0 heterocycles. The molecule has 0 spiro atoms. The minimum atomic E-state index is 0.564. The monoisotopic (exact) mass is 184 g/mol. The Morgan fingerprint density at radius 2 is 1.92 bits per heavy atom. The fourth-order valence-corrected chi connectivity index (χ4v) is 2.47. The second-order valence-corrected chi connectivity index (χ2v) is 4.31. The molecule has 0 aromatic heterocycles. The summed E-state index contributed by atoms with van der Waals surface area (Å²) in [5.41, 5.74) is 0. The molecule has 0 aromatic rings. The number of hydrogen-bond donors (Lipinski definition) is 0. The average molecular weight is 184 g/mol. The summed E-state index contributed by atoms with van der Waals surface area (Å²) in [7, 11) is 1.88. The summed E-state index contributed by atoms with van der Waals surface area (Å²) in [6.07, 6.45) is 11.6. The molecule has 0 aromatic carbocycles. The number of methoxy groups -OCH3 is 1. The van der Waals surface area contributed by atoms with Crippen molar-refractivity contribution in [1.82, 2.24) is 0 Å². The maximum absolute atomic E-state index is 5.58. The molecular weight excluding hydrogens is 160 g/mol. The molecule has 0 radical (unpaired) electrons. The summed E-state index contributed by atoms with van der Waals surface area (Å²) in [4.78, 5) is 0. The SMILES string of the molecule is CCCCCC(OC)C1CCCC1. The maximum atomic E-state index is 5.58. The largest absolute Gasteiger partial charge is 0.381 e. The summed E-state index contributed by atoms with van der Waals surface area (Å²) in [5, 5.41) is 0. The van der Waals surface area contributed by atoms with E-state index in [0.29, 0.717) is 6.10 Å². The van der Waals surface area contributed by atoms with Crippen molar-refractivity contribution < 1.29 is 4.74 Å². The topological polar surface area (TPSA) is 9.23 Å². The number of ether oxygens (including phenoxy) is 1. The lowest BCUT2D eigenvalue weighted by atomic mass is 9.96. The molecule has 0 N–H and O–H groups in total. The molecule has 0 bridgehead atoms. The van der Waals surface area contributed by atoms with E-state index in [2.05, 4.69) is 6.92 Å². The van der Waals surface area contributed by atoms with Gasteiger partial charge >= 0.3 is 0 Å². The van der Waals surface area contributed by atoms with Gasteiger partial charge in [0.25, 0.3) is 0 Å². The molecule has 13 heavy (non-hydrogen) atoms. The Morgan fingerprint density at radius 3 is 2.46 bits per heavy atom. The van der Waals surface area contributed by atoms with Gasteiger partial charge in [-0.15, -0.1) is 0 Å². The Labute approximate surface area is 82.9 Å². The van der Waals surface area contributed by atoms with Crippen LogP contribution in [0, 0.1) is 5.92 Å². The van der Waals surface area contributed by atoms with Gasteiger partial charge in [-0.05, 0) is 25.2 Å². The minimum absolute atomic E-state index is 0.564. The van der Waals surface area contributed by atoms with E-state index < -0.39 is 0 Å². The van der Waals surface area contributed by atoms with E-state index in [9.17, 15) is 0 Å². The number of rotatable bonds is 6. The quantitative estimate of drug-likeness (QED) is 0.571. The highest BCUT2D eigenvalue weighted by atomic mass is 16.5. The van der Waals surface area contributed by atoms with Crippen LogP contribution in [0.5, 0.6) is 0 Å². The predicted molar refractivity (Wildman–Crippen MR) is 56.9 cm³/mol. The fourth-order valence-electron chi connectivity index (χ4n) is 2.47. The van der Waals surface area contributed by atoms with Crippen molar-refractivity contribution in [1.29, 1.82) is 0 Å². The second-order valence-electron chi connectivity index (χ2n) is 4.31. The van der Waals surface area contributed by atoms with Crippen LogP contribution in [0.2, 0.25) is 0 Å². The molecule has 1 rings (SSSR count). The highest BCUT2D eigenvalue weighted by Crippen LogP contribution is 2.31. The first-order chi connectivity index (χ1) is 6.38.